The molecular formula is C13H17F2NO. The Bertz CT molecular complexity index is 453. The minimum Gasteiger partial charge on any atom is -0.493 e. The number of hydrogen-bond acceptors (Lipinski definition) is 2. The molecule has 0 spiro atoms. The highest BCUT2D eigenvalue weighted by atomic mass is 19.1. The van der Waals surface area contributed by atoms with Crippen molar-refractivity contribution in [2.24, 2.45) is 5.73 Å². The first-order chi connectivity index (χ1) is 7.82. The lowest BCUT2D eigenvalue weighted by Crippen LogP contribution is -2.43. The third-order valence-corrected chi connectivity index (χ3v) is 3.92. The third kappa shape index (κ3) is 1.80. The van der Waals surface area contributed by atoms with Gasteiger partial charge < -0.3 is 10.5 Å². The van der Waals surface area contributed by atoms with Crippen LogP contribution in [0.15, 0.2) is 12.1 Å². The molecule has 0 atom stereocenters. The van der Waals surface area contributed by atoms with Gasteiger partial charge in [-0.05, 0) is 18.9 Å². The van der Waals surface area contributed by atoms with Gasteiger partial charge in [0.05, 0.1) is 7.11 Å². The van der Waals surface area contributed by atoms with Crippen molar-refractivity contribution in [2.45, 2.75) is 37.6 Å². The average Bonchev–Trinajstić information content (AvgIpc) is 2.97. The maximum absolute atomic E-state index is 13.6. The summed E-state index contributed by atoms with van der Waals surface area (Å²) in [4.78, 5) is 0. The third-order valence-electron chi connectivity index (χ3n) is 3.92. The summed E-state index contributed by atoms with van der Waals surface area (Å²) in [6.07, 6.45) is 1.72. The first-order valence-corrected chi connectivity index (χ1v) is 5.64. The largest absolute Gasteiger partial charge is 0.493 e. The van der Waals surface area contributed by atoms with Crippen LogP contribution in [0.3, 0.4) is 0 Å². The molecule has 94 valence electrons. The average molecular weight is 241 g/mol. The Hall–Kier alpha value is -1.16. The zero-order valence-electron chi connectivity index (χ0n) is 10.3. The monoisotopic (exact) mass is 241 g/mol. The number of rotatable bonds is 3. The number of nitrogens with two attached hydrogens (primary N) is 1. The molecule has 1 aromatic rings. The summed E-state index contributed by atoms with van der Waals surface area (Å²) < 4.78 is 32.0. The van der Waals surface area contributed by atoms with Gasteiger partial charge in [-0.3, -0.25) is 0 Å². The van der Waals surface area contributed by atoms with Gasteiger partial charge in [0.1, 0.15) is 5.82 Å². The van der Waals surface area contributed by atoms with Crippen LogP contribution in [0.1, 0.15) is 32.3 Å². The van der Waals surface area contributed by atoms with E-state index in [1.54, 1.807) is 0 Å². The van der Waals surface area contributed by atoms with Crippen molar-refractivity contribution >= 4 is 0 Å². The van der Waals surface area contributed by atoms with Gasteiger partial charge in [-0.2, -0.15) is 0 Å². The lowest BCUT2D eigenvalue weighted by molar-refractivity contribution is 0.336. The van der Waals surface area contributed by atoms with Gasteiger partial charge >= 0.3 is 0 Å². The fourth-order valence-corrected chi connectivity index (χ4v) is 2.26. The van der Waals surface area contributed by atoms with Crippen molar-refractivity contribution in [3.63, 3.8) is 0 Å². The summed E-state index contributed by atoms with van der Waals surface area (Å²) in [5.74, 6) is -1.19. The molecule has 1 aromatic carbocycles. The van der Waals surface area contributed by atoms with Gasteiger partial charge in [-0.25, -0.2) is 8.78 Å². The lowest BCUT2D eigenvalue weighted by Gasteiger charge is -2.33. The Balaban J connectivity index is 2.58. The number of halogens is 2. The second kappa shape index (κ2) is 3.67. The van der Waals surface area contributed by atoms with Crippen LogP contribution >= 0.6 is 0 Å². The molecule has 1 saturated carbocycles. The van der Waals surface area contributed by atoms with Crippen molar-refractivity contribution < 1.29 is 13.5 Å². The molecule has 1 fully saturated rings. The van der Waals surface area contributed by atoms with E-state index >= 15 is 0 Å². The summed E-state index contributed by atoms with van der Waals surface area (Å²) in [7, 11) is 1.38. The summed E-state index contributed by atoms with van der Waals surface area (Å²) in [6.45, 7) is 3.80. The van der Waals surface area contributed by atoms with Crippen LogP contribution < -0.4 is 10.5 Å². The van der Waals surface area contributed by atoms with E-state index in [2.05, 4.69) is 0 Å². The molecule has 2 rings (SSSR count). The molecule has 0 unspecified atom stereocenters. The van der Waals surface area contributed by atoms with Crippen LogP contribution in [0.2, 0.25) is 0 Å². The zero-order valence-corrected chi connectivity index (χ0v) is 10.3. The van der Waals surface area contributed by atoms with E-state index in [0.29, 0.717) is 5.56 Å². The summed E-state index contributed by atoms with van der Waals surface area (Å²) in [6, 6.07) is 2.14. The molecule has 2 N–H and O–H groups in total. The van der Waals surface area contributed by atoms with Crippen molar-refractivity contribution in [2.75, 3.05) is 7.11 Å². The molecule has 1 aliphatic carbocycles. The number of ether oxygens (including phenoxy) is 1. The van der Waals surface area contributed by atoms with Gasteiger partial charge in [0.2, 0.25) is 0 Å². The van der Waals surface area contributed by atoms with Crippen LogP contribution in [0, 0.1) is 11.6 Å². The standard InChI is InChI=1S/C13H17F2NO/c1-12(2,13(16)4-5-13)9-6-8(14)7-10(15)11(9)17-3/h6-7H,4-5,16H2,1-3H3. The molecular weight excluding hydrogens is 224 g/mol. The van der Waals surface area contributed by atoms with Crippen LogP contribution in [-0.4, -0.2) is 12.6 Å². The summed E-state index contributed by atoms with van der Waals surface area (Å²) in [5, 5.41) is 0. The highest BCUT2D eigenvalue weighted by Crippen LogP contribution is 2.51. The molecule has 0 heterocycles. The molecule has 0 aliphatic heterocycles. The normalized spacial score (nSPS) is 18.0. The van der Waals surface area contributed by atoms with Gasteiger partial charge in [0.25, 0.3) is 0 Å². The Morgan fingerprint density at radius 3 is 2.35 bits per heavy atom. The fraction of sp³-hybridized carbons (Fsp3) is 0.538. The van der Waals surface area contributed by atoms with Gasteiger partial charge in [-0.15, -0.1) is 0 Å². The van der Waals surface area contributed by atoms with E-state index in [0.717, 1.165) is 18.9 Å². The van der Waals surface area contributed by atoms with Gasteiger partial charge in [0.15, 0.2) is 11.6 Å². The summed E-state index contributed by atoms with van der Waals surface area (Å²) >= 11 is 0. The molecule has 0 radical (unpaired) electrons. The maximum Gasteiger partial charge on any atom is 0.168 e. The van der Waals surface area contributed by atoms with Crippen molar-refractivity contribution in [1.82, 2.24) is 0 Å². The van der Waals surface area contributed by atoms with E-state index in [1.807, 2.05) is 13.8 Å². The minimum atomic E-state index is -0.681. The minimum absolute atomic E-state index is 0.0909. The zero-order chi connectivity index (χ0) is 12.8. The van der Waals surface area contributed by atoms with Crippen molar-refractivity contribution in [3.8, 4) is 5.75 Å². The number of hydrogen-bond donors (Lipinski definition) is 1. The van der Waals surface area contributed by atoms with E-state index < -0.39 is 17.0 Å². The predicted molar refractivity (Wildman–Crippen MR) is 62.1 cm³/mol. The number of methoxy groups -OCH3 is 1. The van der Waals surface area contributed by atoms with E-state index in [1.165, 1.54) is 13.2 Å². The quantitative estimate of drug-likeness (QED) is 0.883. The second-order valence-electron chi connectivity index (χ2n) is 5.25. The molecule has 4 heteroatoms. The predicted octanol–water partition coefficient (Wildman–Crippen LogP) is 2.74. The maximum atomic E-state index is 13.6. The van der Waals surface area contributed by atoms with Gasteiger partial charge in [-0.1, -0.05) is 13.8 Å². The smallest absolute Gasteiger partial charge is 0.168 e. The summed E-state index contributed by atoms with van der Waals surface area (Å²) in [5.41, 5.74) is 5.78. The van der Waals surface area contributed by atoms with Crippen LogP contribution in [0.5, 0.6) is 5.75 Å². The SMILES string of the molecule is COc1c(F)cc(F)cc1C(C)(C)C1(N)CC1. The Morgan fingerprint density at radius 2 is 1.88 bits per heavy atom. The topological polar surface area (TPSA) is 35.2 Å². The highest BCUT2D eigenvalue weighted by molar-refractivity contribution is 5.44. The molecule has 17 heavy (non-hydrogen) atoms. The molecule has 0 bridgehead atoms. The van der Waals surface area contributed by atoms with Gasteiger partial charge in [0, 0.05) is 22.6 Å². The second-order valence-corrected chi connectivity index (χ2v) is 5.25. The number of benzene rings is 1. The van der Waals surface area contributed by atoms with Crippen LogP contribution in [0.25, 0.3) is 0 Å². The van der Waals surface area contributed by atoms with E-state index in [9.17, 15) is 8.78 Å². The molecule has 0 aromatic heterocycles. The first-order valence-electron chi connectivity index (χ1n) is 5.64. The Labute approximate surface area is 99.8 Å². The fourth-order valence-electron chi connectivity index (χ4n) is 2.26. The van der Waals surface area contributed by atoms with Crippen molar-refractivity contribution in [3.05, 3.63) is 29.3 Å². The lowest BCUT2D eigenvalue weighted by atomic mass is 9.75. The molecule has 1 aliphatic rings. The van der Waals surface area contributed by atoms with Crippen LogP contribution in [0.4, 0.5) is 8.78 Å². The van der Waals surface area contributed by atoms with Crippen LogP contribution in [-0.2, 0) is 5.41 Å². The van der Waals surface area contributed by atoms with E-state index in [-0.39, 0.29) is 11.3 Å². The highest BCUT2D eigenvalue weighted by Gasteiger charge is 2.53. The van der Waals surface area contributed by atoms with E-state index in [4.69, 9.17) is 10.5 Å². The Kier molecular flexibility index (Phi) is 2.65. The van der Waals surface area contributed by atoms with Crippen molar-refractivity contribution in [1.29, 1.82) is 0 Å². The Morgan fingerprint density at radius 1 is 1.29 bits per heavy atom. The first kappa shape index (κ1) is 12.3. The molecule has 2 nitrogen and oxygen atoms in total. The molecule has 0 saturated heterocycles. The molecule has 0 amide bonds.